The maximum Gasteiger partial charge on any atom is 0.324 e. The molecule has 4 N–H and O–H groups in total. The van der Waals surface area contributed by atoms with E-state index in [1.807, 2.05) is 13.8 Å². The molecule has 1 aliphatic rings. The summed E-state index contributed by atoms with van der Waals surface area (Å²) in [6, 6.07) is 3.05. The molecule has 0 heterocycles. The van der Waals surface area contributed by atoms with Crippen LogP contribution in [0.15, 0.2) is 23.1 Å². The van der Waals surface area contributed by atoms with Crippen molar-refractivity contribution in [1.82, 2.24) is 14.9 Å². The fourth-order valence-electron chi connectivity index (χ4n) is 3.99. The average Bonchev–Trinajstić information content (AvgIpc) is 2.75. The van der Waals surface area contributed by atoms with E-state index in [0.717, 1.165) is 32.1 Å². The van der Waals surface area contributed by atoms with E-state index in [4.69, 9.17) is 28.9 Å². The number of carbonyl (C=O) groups is 2. The number of unbranched alkanes of at least 4 members (excludes halogenated alkanes) is 1. The predicted octanol–water partition coefficient (Wildman–Crippen LogP) is 4.30. The molecule has 8 nitrogen and oxygen atoms in total. The Labute approximate surface area is 213 Å². The quantitative estimate of drug-likeness (QED) is 0.365. The first-order chi connectivity index (χ1) is 16.0. The molecule has 1 aromatic carbocycles. The topological polar surface area (TPSA) is 122 Å². The number of hydrogen-bond donors (Lipinski definition) is 3. The van der Waals surface area contributed by atoms with E-state index in [1.54, 1.807) is 0 Å². The van der Waals surface area contributed by atoms with Gasteiger partial charge in [-0.05, 0) is 56.2 Å². The van der Waals surface area contributed by atoms with Gasteiger partial charge in [-0.15, -0.1) is 0 Å². The molecule has 192 valence electrons. The number of amides is 3. The molecule has 1 aromatic rings. The molecule has 0 unspecified atom stereocenters. The maximum absolute atomic E-state index is 12.9. The van der Waals surface area contributed by atoms with Gasteiger partial charge in [0.05, 0.1) is 11.1 Å². The van der Waals surface area contributed by atoms with Crippen LogP contribution in [0.5, 0.6) is 0 Å². The van der Waals surface area contributed by atoms with Crippen LogP contribution in [-0.2, 0) is 14.8 Å². The molecule has 1 fully saturated rings. The van der Waals surface area contributed by atoms with Gasteiger partial charge >= 0.3 is 6.03 Å². The first kappa shape index (κ1) is 28.8. The highest BCUT2D eigenvalue weighted by atomic mass is 35.5. The number of carbonyl (C=O) groups excluding carboxylic acids is 2. The number of sulfonamides is 1. The van der Waals surface area contributed by atoms with Crippen molar-refractivity contribution < 1.29 is 18.0 Å². The van der Waals surface area contributed by atoms with Crippen molar-refractivity contribution in [2.24, 2.45) is 11.7 Å². The van der Waals surface area contributed by atoms with Gasteiger partial charge in [-0.2, -0.15) is 0 Å². The highest BCUT2D eigenvalue weighted by molar-refractivity contribution is 7.89. The van der Waals surface area contributed by atoms with Crippen molar-refractivity contribution >= 4 is 45.2 Å². The second-order valence-corrected chi connectivity index (χ2v) is 11.8. The molecule has 0 spiro atoms. The lowest BCUT2D eigenvalue weighted by Crippen LogP contribution is -2.53. The zero-order chi connectivity index (χ0) is 25.3. The maximum atomic E-state index is 12.9. The van der Waals surface area contributed by atoms with E-state index in [2.05, 4.69) is 10.0 Å². The summed E-state index contributed by atoms with van der Waals surface area (Å²) >= 11 is 11.8. The van der Waals surface area contributed by atoms with Crippen LogP contribution >= 0.6 is 23.2 Å². The fourth-order valence-corrected chi connectivity index (χ4v) is 5.84. The molecule has 11 heteroatoms. The summed E-state index contributed by atoms with van der Waals surface area (Å²) in [5.41, 5.74) is 6.08. The summed E-state index contributed by atoms with van der Waals surface area (Å²) in [7, 11) is -3.81. The lowest BCUT2D eigenvalue weighted by molar-refractivity contribution is -0.130. The molecule has 0 aliphatic heterocycles. The highest BCUT2D eigenvalue weighted by Gasteiger charge is 2.28. The molecule has 0 aromatic heterocycles. The molecular formula is C23H36Cl2N4O4S. The minimum Gasteiger partial charge on any atom is -0.335 e. The molecule has 0 radical (unpaired) electrons. The minimum absolute atomic E-state index is 0.0373. The van der Waals surface area contributed by atoms with Crippen molar-refractivity contribution in [3.63, 3.8) is 0 Å². The van der Waals surface area contributed by atoms with Gasteiger partial charge in [0.25, 0.3) is 0 Å². The molecule has 0 saturated heterocycles. The number of rotatable bonds is 11. The van der Waals surface area contributed by atoms with Crippen LogP contribution < -0.4 is 15.8 Å². The zero-order valence-electron chi connectivity index (χ0n) is 19.9. The Kier molecular flexibility index (Phi) is 11.6. The van der Waals surface area contributed by atoms with Crippen LogP contribution in [0.4, 0.5) is 4.79 Å². The van der Waals surface area contributed by atoms with Crippen molar-refractivity contribution in [2.45, 2.75) is 82.2 Å². The number of hydrogen-bond acceptors (Lipinski definition) is 5. The largest absolute Gasteiger partial charge is 0.335 e. The van der Waals surface area contributed by atoms with E-state index in [-0.39, 0.29) is 35.0 Å². The third-order valence-electron chi connectivity index (χ3n) is 5.77. The minimum atomic E-state index is -3.81. The van der Waals surface area contributed by atoms with E-state index < -0.39 is 28.0 Å². The van der Waals surface area contributed by atoms with E-state index >= 15 is 0 Å². The Hall–Kier alpha value is -1.39. The number of nitrogens with one attached hydrogen (secondary N) is 2. The van der Waals surface area contributed by atoms with Crippen LogP contribution in [0.25, 0.3) is 0 Å². The van der Waals surface area contributed by atoms with Crippen LogP contribution in [0.3, 0.4) is 0 Å². The number of urea groups is 1. The summed E-state index contributed by atoms with van der Waals surface area (Å²) < 4.78 is 27.5. The summed E-state index contributed by atoms with van der Waals surface area (Å²) in [5.74, 6) is -0.188. The lowest BCUT2D eigenvalue weighted by atomic mass is 9.96. The Bertz CT molecular complexity index is 937. The standard InChI is InChI=1S/C23H36Cl2N4O4S/c1-16(2)14-20(26)22(30)29(23(31)28-18-8-4-3-5-9-18)13-7-6-12-27-34(32,33)21-11-10-17(24)15-19(21)25/h10-11,15-16,18,20,27H,3-9,12-14,26H2,1-2H3,(H,28,31)/t20-/m0/s1. The van der Waals surface area contributed by atoms with E-state index in [9.17, 15) is 18.0 Å². The van der Waals surface area contributed by atoms with Gasteiger partial charge in [0, 0.05) is 24.2 Å². The Morgan fingerprint density at radius 2 is 1.82 bits per heavy atom. The molecule has 34 heavy (non-hydrogen) atoms. The third-order valence-corrected chi connectivity index (χ3v) is 7.95. The van der Waals surface area contributed by atoms with Crippen LogP contribution in [0.1, 0.15) is 65.2 Å². The molecule has 1 atom stereocenters. The van der Waals surface area contributed by atoms with Crippen molar-refractivity contribution in [2.75, 3.05) is 13.1 Å². The van der Waals surface area contributed by atoms with Gasteiger partial charge in [0.2, 0.25) is 15.9 Å². The van der Waals surface area contributed by atoms with Crippen LogP contribution in [0, 0.1) is 5.92 Å². The number of nitrogens with two attached hydrogens (primary N) is 1. The van der Waals surface area contributed by atoms with E-state index in [1.165, 1.54) is 23.1 Å². The van der Waals surface area contributed by atoms with Gasteiger partial charge in [-0.1, -0.05) is 56.3 Å². The lowest BCUT2D eigenvalue weighted by Gasteiger charge is -2.29. The molecule has 2 rings (SSSR count). The number of halogens is 2. The van der Waals surface area contributed by atoms with Crippen LogP contribution in [0.2, 0.25) is 10.0 Å². The van der Waals surface area contributed by atoms with E-state index in [0.29, 0.717) is 24.3 Å². The summed E-state index contributed by atoms with van der Waals surface area (Å²) in [4.78, 5) is 27.0. The number of benzene rings is 1. The van der Waals surface area contributed by atoms with Crippen molar-refractivity contribution in [1.29, 1.82) is 0 Å². The van der Waals surface area contributed by atoms with Gasteiger partial charge < -0.3 is 11.1 Å². The number of nitrogens with zero attached hydrogens (tertiary/aromatic N) is 1. The SMILES string of the molecule is CC(C)C[C@H](N)C(=O)N(CCCCNS(=O)(=O)c1ccc(Cl)cc1Cl)C(=O)NC1CCCCC1. The number of imide groups is 1. The smallest absolute Gasteiger partial charge is 0.324 e. The molecule has 1 saturated carbocycles. The van der Waals surface area contributed by atoms with Gasteiger partial charge in [0.1, 0.15) is 4.90 Å². The summed E-state index contributed by atoms with van der Waals surface area (Å²) in [6.45, 7) is 4.23. The predicted molar refractivity (Wildman–Crippen MR) is 135 cm³/mol. The fraction of sp³-hybridized carbons (Fsp3) is 0.652. The van der Waals surface area contributed by atoms with Crippen molar-refractivity contribution in [3.8, 4) is 0 Å². The van der Waals surface area contributed by atoms with Gasteiger partial charge in [-0.3, -0.25) is 9.69 Å². The van der Waals surface area contributed by atoms with Gasteiger partial charge in [-0.25, -0.2) is 17.9 Å². The Morgan fingerprint density at radius 1 is 1.15 bits per heavy atom. The summed E-state index contributed by atoms with van der Waals surface area (Å²) in [6.07, 6.45) is 6.41. The first-order valence-corrected chi connectivity index (χ1v) is 14.1. The molecule has 0 bridgehead atoms. The molecular weight excluding hydrogens is 499 g/mol. The summed E-state index contributed by atoms with van der Waals surface area (Å²) in [5, 5.41) is 3.36. The van der Waals surface area contributed by atoms with Crippen LogP contribution in [-0.4, -0.2) is 50.4 Å². The first-order valence-electron chi connectivity index (χ1n) is 11.8. The molecule has 3 amide bonds. The second kappa shape index (κ2) is 13.6. The third kappa shape index (κ3) is 9.00. The zero-order valence-corrected chi connectivity index (χ0v) is 22.2. The second-order valence-electron chi connectivity index (χ2n) is 9.19. The Balaban J connectivity index is 1.93. The Morgan fingerprint density at radius 3 is 2.44 bits per heavy atom. The normalized spacial score (nSPS) is 15.8. The molecule has 1 aliphatic carbocycles. The van der Waals surface area contributed by atoms with Crippen molar-refractivity contribution in [3.05, 3.63) is 28.2 Å². The average molecular weight is 536 g/mol. The highest BCUT2D eigenvalue weighted by Crippen LogP contribution is 2.24. The monoisotopic (exact) mass is 534 g/mol. The van der Waals surface area contributed by atoms with Gasteiger partial charge in [0.15, 0.2) is 0 Å².